The summed E-state index contributed by atoms with van der Waals surface area (Å²) in [4.78, 5) is 11.8. The first-order valence-electron chi connectivity index (χ1n) is 5.22. The molecule has 0 bridgehead atoms. The number of nitrogens with one attached hydrogen (secondary N) is 1. The second-order valence-corrected chi connectivity index (χ2v) is 3.71. The monoisotopic (exact) mass is 246 g/mol. The summed E-state index contributed by atoms with van der Waals surface area (Å²) in [7, 11) is 0. The minimum absolute atomic E-state index is 0.389. The Morgan fingerprint density at radius 2 is 1.94 bits per heavy atom. The van der Waals surface area contributed by atoms with E-state index in [0.717, 1.165) is 6.07 Å². The van der Waals surface area contributed by atoms with Crippen LogP contribution in [0.25, 0.3) is 0 Å². The van der Waals surface area contributed by atoms with Crippen molar-refractivity contribution in [1.82, 2.24) is 0 Å². The Labute approximate surface area is 103 Å². The first kappa shape index (κ1) is 11.9. The van der Waals surface area contributed by atoms with Gasteiger partial charge < -0.3 is 16.2 Å². The molecule has 2 aromatic rings. The number of phenols is 1. The number of hydrogen-bond acceptors (Lipinski definition) is 3. The van der Waals surface area contributed by atoms with Crippen LogP contribution in [0.3, 0.4) is 0 Å². The SMILES string of the molecule is Nc1cccc(NC(=O)c2c(O)cccc2F)c1. The van der Waals surface area contributed by atoms with Crippen molar-refractivity contribution in [1.29, 1.82) is 0 Å². The maximum absolute atomic E-state index is 13.4. The predicted octanol–water partition coefficient (Wildman–Crippen LogP) is 2.37. The number of nitrogen functional groups attached to an aromatic ring is 1. The Hall–Kier alpha value is -2.56. The first-order chi connectivity index (χ1) is 8.58. The maximum atomic E-state index is 13.4. The van der Waals surface area contributed by atoms with Gasteiger partial charge in [-0.05, 0) is 30.3 Å². The van der Waals surface area contributed by atoms with E-state index < -0.39 is 17.5 Å². The summed E-state index contributed by atoms with van der Waals surface area (Å²) in [6, 6.07) is 10.2. The largest absolute Gasteiger partial charge is 0.507 e. The third-order valence-electron chi connectivity index (χ3n) is 2.36. The van der Waals surface area contributed by atoms with Gasteiger partial charge >= 0.3 is 0 Å². The van der Waals surface area contributed by atoms with E-state index in [2.05, 4.69) is 5.32 Å². The van der Waals surface area contributed by atoms with E-state index in [-0.39, 0.29) is 5.56 Å². The lowest BCUT2D eigenvalue weighted by atomic mass is 10.1. The predicted molar refractivity (Wildman–Crippen MR) is 66.9 cm³/mol. The smallest absolute Gasteiger partial charge is 0.262 e. The molecule has 0 spiro atoms. The van der Waals surface area contributed by atoms with Crippen LogP contribution in [0.5, 0.6) is 5.75 Å². The van der Waals surface area contributed by atoms with Crippen LogP contribution in [0, 0.1) is 5.82 Å². The number of anilines is 2. The van der Waals surface area contributed by atoms with Gasteiger partial charge in [0.05, 0.1) is 0 Å². The molecular weight excluding hydrogens is 235 g/mol. The van der Waals surface area contributed by atoms with E-state index in [9.17, 15) is 14.3 Å². The summed E-state index contributed by atoms with van der Waals surface area (Å²) in [5.41, 5.74) is 6.08. The van der Waals surface area contributed by atoms with Gasteiger partial charge in [0.2, 0.25) is 0 Å². The minimum Gasteiger partial charge on any atom is -0.507 e. The molecule has 0 heterocycles. The van der Waals surface area contributed by atoms with Crippen LogP contribution in [0.1, 0.15) is 10.4 Å². The fourth-order valence-corrected chi connectivity index (χ4v) is 1.55. The van der Waals surface area contributed by atoms with Crippen LogP contribution < -0.4 is 11.1 Å². The second kappa shape index (κ2) is 4.75. The van der Waals surface area contributed by atoms with Gasteiger partial charge in [-0.1, -0.05) is 12.1 Å². The van der Waals surface area contributed by atoms with Crippen molar-refractivity contribution in [3.63, 3.8) is 0 Å². The van der Waals surface area contributed by atoms with E-state index in [0.29, 0.717) is 11.4 Å². The lowest BCUT2D eigenvalue weighted by molar-refractivity contribution is 0.102. The van der Waals surface area contributed by atoms with Crippen LogP contribution in [-0.2, 0) is 0 Å². The molecule has 0 aliphatic heterocycles. The highest BCUT2D eigenvalue weighted by Gasteiger charge is 2.16. The van der Waals surface area contributed by atoms with Crippen LogP contribution >= 0.6 is 0 Å². The molecule has 0 aliphatic rings. The first-order valence-corrected chi connectivity index (χ1v) is 5.22. The zero-order valence-electron chi connectivity index (χ0n) is 9.35. The summed E-state index contributed by atoms with van der Waals surface area (Å²) in [5.74, 6) is -1.91. The number of rotatable bonds is 2. The second-order valence-electron chi connectivity index (χ2n) is 3.71. The number of aromatic hydroxyl groups is 1. The molecular formula is C13H11FN2O2. The Balaban J connectivity index is 2.28. The summed E-state index contributed by atoms with van der Waals surface area (Å²) in [6.45, 7) is 0. The van der Waals surface area contributed by atoms with Gasteiger partial charge in [0.1, 0.15) is 17.1 Å². The number of carbonyl (C=O) groups excluding carboxylic acids is 1. The van der Waals surface area contributed by atoms with Crippen LogP contribution in [0.4, 0.5) is 15.8 Å². The molecule has 92 valence electrons. The quantitative estimate of drug-likeness (QED) is 0.712. The van der Waals surface area contributed by atoms with Crippen LogP contribution in [0.2, 0.25) is 0 Å². The number of phenolic OH excluding ortho intramolecular Hbond substituents is 1. The molecule has 5 heteroatoms. The average Bonchev–Trinajstić information content (AvgIpc) is 2.28. The van der Waals surface area contributed by atoms with Crippen LogP contribution in [0.15, 0.2) is 42.5 Å². The van der Waals surface area contributed by atoms with E-state index in [1.54, 1.807) is 18.2 Å². The minimum atomic E-state index is -0.781. The molecule has 0 aliphatic carbocycles. The van der Waals surface area contributed by atoms with E-state index >= 15 is 0 Å². The fraction of sp³-hybridized carbons (Fsp3) is 0. The number of nitrogens with two attached hydrogens (primary N) is 1. The van der Waals surface area contributed by atoms with Crippen molar-refractivity contribution in [2.75, 3.05) is 11.1 Å². The van der Waals surface area contributed by atoms with Gasteiger partial charge in [-0.15, -0.1) is 0 Å². The standard InChI is InChI=1S/C13H11FN2O2/c14-10-5-2-6-11(17)12(10)13(18)16-9-4-1-3-8(15)7-9/h1-7,17H,15H2,(H,16,18). The molecule has 4 N–H and O–H groups in total. The number of amides is 1. The molecule has 0 saturated carbocycles. The number of halogens is 1. The molecule has 0 fully saturated rings. The Kier molecular flexibility index (Phi) is 3.14. The lowest BCUT2D eigenvalue weighted by Crippen LogP contribution is -2.14. The molecule has 0 radical (unpaired) electrons. The summed E-state index contributed by atoms with van der Waals surface area (Å²) in [6.07, 6.45) is 0. The molecule has 0 aromatic heterocycles. The third-order valence-corrected chi connectivity index (χ3v) is 2.36. The van der Waals surface area contributed by atoms with E-state index in [1.165, 1.54) is 18.2 Å². The fourth-order valence-electron chi connectivity index (χ4n) is 1.55. The third kappa shape index (κ3) is 2.40. The zero-order chi connectivity index (χ0) is 13.1. The Morgan fingerprint density at radius 3 is 2.61 bits per heavy atom. The van der Waals surface area contributed by atoms with Crippen molar-refractivity contribution in [3.8, 4) is 5.75 Å². The van der Waals surface area contributed by atoms with Crippen molar-refractivity contribution < 1.29 is 14.3 Å². The van der Waals surface area contributed by atoms with Gasteiger partial charge in [0, 0.05) is 11.4 Å². The molecule has 4 nitrogen and oxygen atoms in total. The molecule has 18 heavy (non-hydrogen) atoms. The normalized spacial score (nSPS) is 10.1. The van der Waals surface area contributed by atoms with Gasteiger partial charge in [-0.3, -0.25) is 4.79 Å². The van der Waals surface area contributed by atoms with E-state index in [1.807, 2.05) is 0 Å². The van der Waals surface area contributed by atoms with Crippen molar-refractivity contribution in [3.05, 3.63) is 53.8 Å². The maximum Gasteiger partial charge on any atom is 0.262 e. The highest BCUT2D eigenvalue weighted by molar-refractivity contribution is 6.06. The number of carbonyl (C=O) groups is 1. The topological polar surface area (TPSA) is 75.3 Å². The van der Waals surface area contributed by atoms with Gasteiger partial charge in [0.25, 0.3) is 5.91 Å². The average molecular weight is 246 g/mol. The molecule has 0 atom stereocenters. The molecule has 0 saturated heterocycles. The van der Waals surface area contributed by atoms with E-state index in [4.69, 9.17) is 5.73 Å². The number of benzene rings is 2. The Bertz CT molecular complexity index is 579. The summed E-state index contributed by atoms with van der Waals surface area (Å²) < 4.78 is 13.4. The highest BCUT2D eigenvalue weighted by atomic mass is 19.1. The molecule has 1 amide bonds. The molecule has 2 aromatic carbocycles. The molecule has 0 unspecified atom stereocenters. The zero-order valence-corrected chi connectivity index (χ0v) is 9.35. The van der Waals surface area contributed by atoms with Gasteiger partial charge in [0.15, 0.2) is 0 Å². The van der Waals surface area contributed by atoms with Gasteiger partial charge in [-0.2, -0.15) is 0 Å². The molecule has 2 rings (SSSR count). The summed E-state index contributed by atoms with van der Waals surface area (Å²) >= 11 is 0. The number of hydrogen-bond donors (Lipinski definition) is 3. The Morgan fingerprint density at radius 1 is 1.22 bits per heavy atom. The van der Waals surface area contributed by atoms with Gasteiger partial charge in [-0.25, -0.2) is 4.39 Å². The van der Waals surface area contributed by atoms with Crippen molar-refractivity contribution >= 4 is 17.3 Å². The lowest BCUT2D eigenvalue weighted by Gasteiger charge is -2.08. The van der Waals surface area contributed by atoms with Crippen LogP contribution in [-0.4, -0.2) is 11.0 Å². The van der Waals surface area contributed by atoms with Crippen molar-refractivity contribution in [2.24, 2.45) is 0 Å². The highest BCUT2D eigenvalue weighted by Crippen LogP contribution is 2.21. The summed E-state index contributed by atoms with van der Waals surface area (Å²) in [5, 5.41) is 11.9. The van der Waals surface area contributed by atoms with Crippen molar-refractivity contribution in [2.45, 2.75) is 0 Å².